The fraction of sp³-hybridized carbons (Fsp3) is 0.818. The molecule has 1 aromatic rings. The first-order valence-electron chi connectivity index (χ1n) is 6.18. The van der Waals surface area contributed by atoms with Crippen LogP contribution in [0.1, 0.15) is 19.3 Å². The van der Waals surface area contributed by atoms with Gasteiger partial charge in [-0.25, -0.2) is 0 Å². The van der Waals surface area contributed by atoms with Gasteiger partial charge in [-0.05, 0) is 54.7 Å². The Morgan fingerprint density at radius 2 is 2.18 bits per heavy atom. The molecular formula is C11H17BrN4S. The number of aromatic nitrogens is 2. The SMILES string of the molecule is CN1CCCC2CN(c3nnc(Br)s3)CCC21. The Morgan fingerprint density at radius 3 is 2.94 bits per heavy atom. The molecule has 2 unspecified atom stereocenters. The normalized spacial score (nSPS) is 30.4. The van der Waals surface area contributed by atoms with Crippen molar-refractivity contribution < 1.29 is 0 Å². The van der Waals surface area contributed by atoms with Crippen LogP contribution >= 0.6 is 27.3 Å². The van der Waals surface area contributed by atoms with Gasteiger partial charge in [0.1, 0.15) is 0 Å². The maximum Gasteiger partial charge on any atom is 0.209 e. The highest BCUT2D eigenvalue weighted by atomic mass is 79.9. The summed E-state index contributed by atoms with van der Waals surface area (Å²) in [5, 5.41) is 9.35. The number of hydrogen-bond donors (Lipinski definition) is 0. The lowest BCUT2D eigenvalue weighted by molar-refractivity contribution is 0.102. The van der Waals surface area contributed by atoms with Gasteiger partial charge in [-0.2, -0.15) is 0 Å². The zero-order valence-corrected chi connectivity index (χ0v) is 12.4. The molecule has 2 aliphatic rings. The fourth-order valence-corrected chi connectivity index (χ4v) is 4.27. The van der Waals surface area contributed by atoms with E-state index in [2.05, 4.69) is 43.0 Å². The minimum Gasteiger partial charge on any atom is -0.346 e. The van der Waals surface area contributed by atoms with Crippen molar-refractivity contribution in [2.45, 2.75) is 25.3 Å². The van der Waals surface area contributed by atoms with Crippen LogP contribution in [0.15, 0.2) is 3.92 Å². The van der Waals surface area contributed by atoms with Crippen molar-refractivity contribution in [3.05, 3.63) is 3.92 Å². The molecule has 0 N–H and O–H groups in total. The lowest BCUT2D eigenvalue weighted by Gasteiger charge is -2.45. The summed E-state index contributed by atoms with van der Waals surface area (Å²) in [6.45, 7) is 3.54. The molecule has 2 aliphatic heterocycles. The van der Waals surface area contributed by atoms with Crippen LogP contribution in [0.2, 0.25) is 0 Å². The van der Waals surface area contributed by atoms with Gasteiger partial charge in [0.05, 0.1) is 0 Å². The molecule has 2 saturated heterocycles. The Balaban J connectivity index is 1.71. The second-order valence-corrected chi connectivity index (χ2v) is 7.25. The average Bonchev–Trinajstić information content (AvgIpc) is 2.76. The lowest BCUT2D eigenvalue weighted by atomic mass is 9.84. The summed E-state index contributed by atoms with van der Waals surface area (Å²) in [7, 11) is 2.27. The maximum absolute atomic E-state index is 4.23. The molecule has 0 bridgehead atoms. The average molecular weight is 317 g/mol. The second-order valence-electron chi connectivity index (χ2n) is 5.02. The van der Waals surface area contributed by atoms with Crippen LogP contribution in [-0.2, 0) is 0 Å². The van der Waals surface area contributed by atoms with Crippen LogP contribution in [0, 0.1) is 5.92 Å². The van der Waals surface area contributed by atoms with Crippen molar-refractivity contribution in [2.24, 2.45) is 5.92 Å². The number of likely N-dealkylation sites (tertiary alicyclic amines) is 1. The Kier molecular flexibility index (Phi) is 3.36. The number of fused-ring (bicyclic) bond motifs is 1. The molecule has 0 saturated carbocycles. The van der Waals surface area contributed by atoms with Gasteiger partial charge in [-0.15, -0.1) is 10.2 Å². The van der Waals surface area contributed by atoms with Gasteiger partial charge in [0, 0.05) is 19.1 Å². The molecule has 4 nitrogen and oxygen atoms in total. The highest BCUT2D eigenvalue weighted by Gasteiger charge is 2.35. The van der Waals surface area contributed by atoms with Crippen LogP contribution in [0.4, 0.5) is 5.13 Å². The summed E-state index contributed by atoms with van der Waals surface area (Å²) in [5.41, 5.74) is 0. The highest BCUT2D eigenvalue weighted by Crippen LogP contribution is 2.33. The van der Waals surface area contributed by atoms with Gasteiger partial charge in [0.15, 0.2) is 3.92 Å². The van der Waals surface area contributed by atoms with E-state index in [0.717, 1.165) is 34.1 Å². The Bertz CT molecular complexity index is 397. The van der Waals surface area contributed by atoms with E-state index >= 15 is 0 Å². The molecule has 0 aromatic carbocycles. The molecule has 3 rings (SSSR count). The standard InChI is InChI=1S/C11H17BrN4S/c1-15-5-2-3-8-7-16(6-4-9(8)15)11-14-13-10(12)17-11/h8-9H,2-7H2,1H3. The maximum atomic E-state index is 4.23. The summed E-state index contributed by atoms with van der Waals surface area (Å²) < 4.78 is 0.885. The topological polar surface area (TPSA) is 32.3 Å². The summed E-state index contributed by atoms with van der Waals surface area (Å²) in [6, 6.07) is 0.788. The van der Waals surface area contributed by atoms with E-state index in [1.54, 1.807) is 11.3 Å². The smallest absolute Gasteiger partial charge is 0.209 e. The van der Waals surface area contributed by atoms with E-state index < -0.39 is 0 Å². The highest BCUT2D eigenvalue weighted by molar-refractivity contribution is 9.11. The van der Waals surface area contributed by atoms with Gasteiger partial charge in [-0.1, -0.05) is 11.3 Å². The quantitative estimate of drug-likeness (QED) is 0.795. The summed E-state index contributed by atoms with van der Waals surface area (Å²) in [4.78, 5) is 4.95. The number of hydrogen-bond acceptors (Lipinski definition) is 5. The Morgan fingerprint density at radius 1 is 1.29 bits per heavy atom. The van der Waals surface area contributed by atoms with Crippen LogP contribution in [0.5, 0.6) is 0 Å². The summed E-state index contributed by atoms with van der Waals surface area (Å²) in [5.74, 6) is 0.810. The zero-order chi connectivity index (χ0) is 11.8. The molecule has 3 heterocycles. The van der Waals surface area contributed by atoms with Gasteiger partial charge in [0.25, 0.3) is 0 Å². The van der Waals surface area contributed by atoms with Crippen molar-refractivity contribution in [1.82, 2.24) is 15.1 Å². The number of piperidine rings is 2. The lowest BCUT2D eigenvalue weighted by Crippen LogP contribution is -2.52. The van der Waals surface area contributed by atoms with E-state index in [1.165, 1.54) is 25.8 Å². The van der Waals surface area contributed by atoms with Crippen LogP contribution < -0.4 is 4.90 Å². The predicted molar refractivity (Wildman–Crippen MR) is 73.6 cm³/mol. The molecule has 1 aromatic heterocycles. The molecule has 94 valence electrons. The van der Waals surface area contributed by atoms with Crippen molar-refractivity contribution in [3.8, 4) is 0 Å². The molecule has 2 fully saturated rings. The van der Waals surface area contributed by atoms with Crippen molar-refractivity contribution >= 4 is 32.4 Å². The van der Waals surface area contributed by atoms with Crippen LogP contribution in [0.3, 0.4) is 0 Å². The number of anilines is 1. The molecule has 0 spiro atoms. The molecule has 0 radical (unpaired) electrons. The predicted octanol–water partition coefficient (Wildman–Crippen LogP) is 2.22. The molecule has 0 aliphatic carbocycles. The first kappa shape index (κ1) is 11.9. The molecule has 17 heavy (non-hydrogen) atoms. The molecule has 6 heteroatoms. The number of rotatable bonds is 1. The minimum atomic E-state index is 0.788. The summed E-state index contributed by atoms with van der Waals surface area (Å²) >= 11 is 5.03. The third-order valence-corrected chi connectivity index (χ3v) is 5.42. The number of nitrogens with zero attached hydrogens (tertiary/aromatic N) is 4. The Hall–Kier alpha value is -0.200. The van der Waals surface area contributed by atoms with Gasteiger partial charge < -0.3 is 9.80 Å². The van der Waals surface area contributed by atoms with E-state index in [1.807, 2.05) is 0 Å². The van der Waals surface area contributed by atoms with E-state index in [0.29, 0.717) is 0 Å². The zero-order valence-electron chi connectivity index (χ0n) is 9.97. The minimum absolute atomic E-state index is 0.788. The summed E-state index contributed by atoms with van der Waals surface area (Å²) in [6.07, 6.45) is 3.97. The van der Waals surface area contributed by atoms with E-state index in [4.69, 9.17) is 0 Å². The largest absolute Gasteiger partial charge is 0.346 e. The van der Waals surface area contributed by atoms with Gasteiger partial charge in [0.2, 0.25) is 5.13 Å². The van der Waals surface area contributed by atoms with Crippen LogP contribution in [0.25, 0.3) is 0 Å². The number of halogens is 1. The van der Waals surface area contributed by atoms with Crippen LogP contribution in [-0.4, -0.2) is 47.8 Å². The Labute approximate surface area is 114 Å². The first-order chi connectivity index (χ1) is 8.24. The monoisotopic (exact) mass is 316 g/mol. The third-order valence-electron chi connectivity index (χ3n) is 4.01. The van der Waals surface area contributed by atoms with Gasteiger partial charge in [-0.3, -0.25) is 0 Å². The second kappa shape index (κ2) is 4.82. The molecular weight excluding hydrogens is 300 g/mol. The molecule has 0 amide bonds. The van der Waals surface area contributed by atoms with Crippen molar-refractivity contribution in [3.63, 3.8) is 0 Å². The van der Waals surface area contributed by atoms with E-state index in [9.17, 15) is 0 Å². The van der Waals surface area contributed by atoms with E-state index in [-0.39, 0.29) is 0 Å². The van der Waals surface area contributed by atoms with Gasteiger partial charge >= 0.3 is 0 Å². The van der Waals surface area contributed by atoms with Crippen molar-refractivity contribution in [1.29, 1.82) is 0 Å². The third kappa shape index (κ3) is 2.35. The fourth-order valence-electron chi connectivity index (χ4n) is 3.15. The van der Waals surface area contributed by atoms with Crippen molar-refractivity contribution in [2.75, 3.05) is 31.6 Å². The molecule has 2 atom stereocenters. The first-order valence-corrected chi connectivity index (χ1v) is 7.79.